The van der Waals surface area contributed by atoms with Crippen LogP contribution in [0.4, 0.5) is 0 Å². The Morgan fingerprint density at radius 2 is 2.07 bits per heavy atom. The van der Waals surface area contributed by atoms with E-state index in [1.54, 1.807) is 14.2 Å². The lowest BCUT2D eigenvalue weighted by atomic mass is 10.1. The molecule has 2 atom stereocenters. The third kappa shape index (κ3) is 4.85. The Hall–Kier alpha value is -2.08. The van der Waals surface area contributed by atoms with Crippen LogP contribution in [-0.4, -0.2) is 43.6 Å². The molecule has 1 heterocycles. The molecule has 28 heavy (non-hydrogen) atoms. The lowest BCUT2D eigenvalue weighted by Crippen LogP contribution is -2.41. The number of likely N-dealkylation sites (tertiary alicyclic amines) is 1. The van der Waals surface area contributed by atoms with E-state index in [9.17, 15) is 4.79 Å². The van der Waals surface area contributed by atoms with Gasteiger partial charge in [0.1, 0.15) is 5.75 Å². The van der Waals surface area contributed by atoms with E-state index in [1.807, 2.05) is 37.3 Å². The lowest BCUT2D eigenvalue weighted by Gasteiger charge is -2.23. The normalized spacial score (nSPS) is 19.6. The van der Waals surface area contributed by atoms with Gasteiger partial charge < -0.3 is 15.4 Å². The Balaban J connectivity index is 1.65. The number of amides is 1. The zero-order valence-electron chi connectivity index (χ0n) is 16.7. The van der Waals surface area contributed by atoms with Gasteiger partial charge >= 0.3 is 0 Å². The Kier molecular flexibility index (Phi) is 6.94. The van der Waals surface area contributed by atoms with E-state index in [1.165, 1.54) is 5.56 Å². The number of hydrogen-bond donors (Lipinski definition) is 2. The Morgan fingerprint density at radius 3 is 2.75 bits per heavy atom. The van der Waals surface area contributed by atoms with E-state index in [4.69, 9.17) is 16.3 Å². The molecular formula is C22H28ClN3O2. The number of likely N-dealkylation sites (N-methyl/N-ethyl adjacent to an activating group) is 1. The van der Waals surface area contributed by atoms with Gasteiger partial charge in [-0.2, -0.15) is 0 Å². The number of benzene rings is 2. The predicted octanol–water partition coefficient (Wildman–Crippen LogP) is 3.14. The van der Waals surface area contributed by atoms with Crippen molar-refractivity contribution in [3.05, 3.63) is 64.2 Å². The molecule has 0 unspecified atom stereocenters. The number of aryl methyl sites for hydroxylation is 1. The van der Waals surface area contributed by atoms with Crippen LogP contribution in [0.2, 0.25) is 5.02 Å². The first kappa shape index (κ1) is 20.6. The second-order valence-corrected chi connectivity index (χ2v) is 7.68. The van der Waals surface area contributed by atoms with Gasteiger partial charge in [-0.3, -0.25) is 9.69 Å². The van der Waals surface area contributed by atoms with E-state index >= 15 is 0 Å². The Labute approximate surface area is 172 Å². The summed E-state index contributed by atoms with van der Waals surface area (Å²) in [6.45, 7) is 4.27. The summed E-state index contributed by atoms with van der Waals surface area (Å²) in [5.74, 6) is 0.951. The van der Waals surface area contributed by atoms with Crippen molar-refractivity contribution < 1.29 is 9.53 Å². The summed E-state index contributed by atoms with van der Waals surface area (Å²) >= 11 is 6.33. The van der Waals surface area contributed by atoms with Crippen molar-refractivity contribution in [2.45, 2.75) is 38.5 Å². The molecule has 1 saturated heterocycles. The summed E-state index contributed by atoms with van der Waals surface area (Å²) < 4.78 is 5.33. The molecule has 0 aliphatic carbocycles. The topological polar surface area (TPSA) is 53.6 Å². The predicted molar refractivity (Wildman–Crippen MR) is 113 cm³/mol. The summed E-state index contributed by atoms with van der Waals surface area (Å²) in [5.41, 5.74) is 3.38. The molecule has 0 radical (unpaired) electrons. The first-order valence-electron chi connectivity index (χ1n) is 9.57. The van der Waals surface area contributed by atoms with Crippen LogP contribution in [0.1, 0.15) is 23.1 Å². The quantitative estimate of drug-likeness (QED) is 0.748. The molecule has 2 N–H and O–H groups in total. The maximum absolute atomic E-state index is 12.4. The molecule has 0 aromatic heterocycles. The molecule has 2 aromatic carbocycles. The molecule has 6 heteroatoms. The minimum absolute atomic E-state index is 0.0524. The molecular weight excluding hydrogens is 374 g/mol. The molecule has 0 bridgehead atoms. The largest absolute Gasteiger partial charge is 0.496 e. The van der Waals surface area contributed by atoms with Gasteiger partial charge in [0.05, 0.1) is 13.2 Å². The summed E-state index contributed by atoms with van der Waals surface area (Å²) in [6, 6.07) is 14.1. The Morgan fingerprint density at radius 1 is 1.29 bits per heavy atom. The smallest absolute Gasteiger partial charge is 0.237 e. The van der Waals surface area contributed by atoms with Crippen molar-refractivity contribution >= 4 is 17.5 Å². The Bertz CT molecular complexity index is 827. The van der Waals surface area contributed by atoms with Crippen LogP contribution in [-0.2, 0) is 17.9 Å². The van der Waals surface area contributed by atoms with Crippen molar-refractivity contribution in [2.75, 3.05) is 20.7 Å². The van der Waals surface area contributed by atoms with Crippen LogP contribution < -0.4 is 15.4 Å². The van der Waals surface area contributed by atoms with Crippen LogP contribution >= 0.6 is 11.6 Å². The number of hydrogen-bond acceptors (Lipinski definition) is 4. The average Bonchev–Trinajstić information content (AvgIpc) is 3.10. The van der Waals surface area contributed by atoms with Crippen molar-refractivity contribution in [3.63, 3.8) is 0 Å². The van der Waals surface area contributed by atoms with Crippen LogP contribution in [0.15, 0.2) is 42.5 Å². The summed E-state index contributed by atoms with van der Waals surface area (Å²) in [7, 11) is 3.38. The van der Waals surface area contributed by atoms with E-state index in [-0.39, 0.29) is 18.0 Å². The second kappa shape index (κ2) is 9.41. The van der Waals surface area contributed by atoms with Crippen molar-refractivity contribution in [1.82, 2.24) is 15.5 Å². The fraction of sp³-hybridized carbons (Fsp3) is 0.409. The molecule has 3 rings (SSSR count). The van der Waals surface area contributed by atoms with Crippen molar-refractivity contribution in [1.29, 1.82) is 0 Å². The van der Waals surface area contributed by atoms with E-state index < -0.39 is 0 Å². The highest BCUT2D eigenvalue weighted by molar-refractivity contribution is 6.31. The number of nitrogens with zero attached hydrogens (tertiary/aromatic N) is 1. The van der Waals surface area contributed by atoms with Gasteiger partial charge in [0.25, 0.3) is 0 Å². The molecule has 0 saturated carbocycles. The molecule has 1 aliphatic rings. The standard InChI is InChI=1S/C22H28ClN3O2/c1-15-10-16(8-9-21(15)28-3)12-25-18-11-20(22(27)24-2)26(14-18)13-17-6-4-5-7-19(17)23/h4-10,18,20,25H,11-14H2,1-3H3,(H,24,27)/t18-,20-/m0/s1. The number of carbonyl (C=O) groups excluding carboxylic acids is 1. The van der Waals surface area contributed by atoms with Crippen molar-refractivity contribution in [3.8, 4) is 5.75 Å². The zero-order chi connectivity index (χ0) is 20.1. The van der Waals surface area contributed by atoms with Gasteiger partial charge in [0, 0.05) is 37.7 Å². The maximum atomic E-state index is 12.4. The number of ether oxygens (including phenoxy) is 1. The van der Waals surface area contributed by atoms with Crippen LogP contribution in [0, 0.1) is 6.92 Å². The number of rotatable bonds is 7. The highest BCUT2D eigenvalue weighted by Gasteiger charge is 2.36. The first-order valence-corrected chi connectivity index (χ1v) is 9.95. The van der Waals surface area contributed by atoms with Crippen LogP contribution in [0.5, 0.6) is 5.75 Å². The van der Waals surface area contributed by atoms with Gasteiger partial charge in [-0.15, -0.1) is 0 Å². The SMILES string of the molecule is CNC(=O)[C@@H]1C[C@H](NCc2ccc(OC)c(C)c2)CN1Cc1ccccc1Cl. The minimum atomic E-state index is -0.156. The monoisotopic (exact) mass is 401 g/mol. The van der Waals surface area contributed by atoms with Gasteiger partial charge in [-0.25, -0.2) is 0 Å². The third-order valence-corrected chi connectivity index (χ3v) is 5.71. The number of methoxy groups -OCH3 is 1. The molecule has 1 fully saturated rings. The summed E-state index contributed by atoms with van der Waals surface area (Å²) in [4.78, 5) is 14.6. The van der Waals surface area contributed by atoms with Gasteiger partial charge in [0.2, 0.25) is 5.91 Å². The lowest BCUT2D eigenvalue weighted by molar-refractivity contribution is -0.125. The maximum Gasteiger partial charge on any atom is 0.237 e. The first-order chi connectivity index (χ1) is 13.5. The molecule has 1 amide bonds. The van der Waals surface area contributed by atoms with E-state index in [2.05, 4.69) is 27.7 Å². The van der Waals surface area contributed by atoms with Crippen LogP contribution in [0.25, 0.3) is 0 Å². The number of nitrogens with one attached hydrogen (secondary N) is 2. The molecule has 0 spiro atoms. The fourth-order valence-electron chi connectivity index (χ4n) is 3.82. The van der Waals surface area contributed by atoms with Crippen LogP contribution in [0.3, 0.4) is 0 Å². The fourth-order valence-corrected chi connectivity index (χ4v) is 4.02. The number of halogens is 1. The molecule has 5 nitrogen and oxygen atoms in total. The molecule has 150 valence electrons. The summed E-state index contributed by atoms with van der Waals surface area (Å²) in [5, 5.41) is 7.14. The van der Waals surface area contributed by atoms with Gasteiger partial charge in [0.15, 0.2) is 0 Å². The second-order valence-electron chi connectivity index (χ2n) is 7.27. The minimum Gasteiger partial charge on any atom is -0.496 e. The average molecular weight is 402 g/mol. The van der Waals surface area contributed by atoms with E-state index in [0.29, 0.717) is 6.54 Å². The van der Waals surface area contributed by atoms with Crippen molar-refractivity contribution in [2.24, 2.45) is 0 Å². The van der Waals surface area contributed by atoms with Gasteiger partial charge in [-0.1, -0.05) is 41.9 Å². The molecule has 2 aromatic rings. The molecule has 1 aliphatic heterocycles. The number of carbonyl (C=O) groups is 1. The van der Waals surface area contributed by atoms with Gasteiger partial charge in [-0.05, 0) is 42.2 Å². The zero-order valence-corrected chi connectivity index (χ0v) is 17.4. The highest BCUT2D eigenvalue weighted by Crippen LogP contribution is 2.25. The highest BCUT2D eigenvalue weighted by atomic mass is 35.5. The third-order valence-electron chi connectivity index (χ3n) is 5.34. The van der Waals surface area contributed by atoms with E-state index in [0.717, 1.165) is 41.4 Å². The summed E-state index contributed by atoms with van der Waals surface area (Å²) in [6.07, 6.45) is 0.777.